The molecule has 0 aliphatic carbocycles. The molecule has 0 saturated carbocycles. The van der Waals surface area contributed by atoms with Crippen molar-refractivity contribution >= 4 is 27.9 Å². The number of imidazole rings is 1. The third-order valence-electron chi connectivity index (χ3n) is 3.98. The molecule has 0 aliphatic rings. The average molecular weight is 385 g/mol. The Balaban J connectivity index is 1.67. The van der Waals surface area contributed by atoms with Crippen molar-refractivity contribution in [2.45, 2.75) is 0 Å². The van der Waals surface area contributed by atoms with Crippen molar-refractivity contribution in [2.75, 3.05) is 12.4 Å². The maximum atomic E-state index is 13.8. The normalized spacial score (nSPS) is 10.9. The van der Waals surface area contributed by atoms with Crippen LogP contribution in [-0.4, -0.2) is 22.4 Å². The lowest BCUT2D eigenvalue weighted by Crippen LogP contribution is -2.15. The number of ether oxygens (including phenoxy) is 1. The van der Waals surface area contributed by atoms with Gasteiger partial charge in [-0.2, -0.15) is 0 Å². The number of methoxy groups -OCH3 is 1. The Kier molecular flexibility index (Phi) is 4.33. The summed E-state index contributed by atoms with van der Waals surface area (Å²) in [5.41, 5.74) is 1.58. The Morgan fingerprint density at radius 2 is 2.07 bits per heavy atom. The number of nitrogens with zero attached hydrogens (tertiary/aromatic N) is 2. The van der Waals surface area contributed by atoms with Gasteiger partial charge in [0.25, 0.3) is 5.91 Å². The van der Waals surface area contributed by atoms with Crippen molar-refractivity contribution < 1.29 is 18.3 Å². The van der Waals surface area contributed by atoms with Crippen LogP contribution in [-0.2, 0) is 0 Å². The summed E-state index contributed by atoms with van der Waals surface area (Å²) < 4.78 is 33.9. The highest BCUT2D eigenvalue weighted by atomic mass is 32.1. The number of thiazole rings is 1. The zero-order chi connectivity index (χ0) is 19.0. The smallest absolute Gasteiger partial charge is 0.273 e. The number of hydrogen-bond acceptors (Lipinski definition) is 4. The molecule has 1 N–H and O–H groups in total. The number of hydrogen-bond donors (Lipinski definition) is 1. The first-order chi connectivity index (χ1) is 13.0. The molecule has 1 amide bonds. The summed E-state index contributed by atoms with van der Waals surface area (Å²) in [6, 6.07) is 10.3. The number of aromatic nitrogens is 2. The molecule has 0 atom stereocenters. The first kappa shape index (κ1) is 17.2. The molecule has 0 saturated heterocycles. The predicted octanol–water partition coefficient (Wildman–Crippen LogP) is 4.60. The first-order valence-corrected chi connectivity index (χ1v) is 8.80. The minimum Gasteiger partial charge on any atom is -0.497 e. The summed E-state index contributed by atoms with van der Waals surface area (Å²) in [7, 11) is 1.58. The van der Waals surface area contributed by atoms with E-state index in [4.69, 9.17) is 4.74 Å². The number of amides is 1. The van der Waals surface area contributed by atoms with E-state index < -0.39 is 17.5 Å². The molecule has 0 aliphatic heterocycles. The lowest BCUT2D eigenvalue weighted by Gasteiger charge is -2.05. The van der Waals surface area contributed by atoms with Gasteiger partial charge < -0.3 is 10.1 Å². The molecule has 0 bridgehead atoms. The van der Waals surface area contributed by atoms with E-state index in [0.717, 1.165) is 23.8 Å². The van der Waals surface area contributed by atoms with Gasteiger partial charge in [-0.3, -0.25) is 9.20 Å². The van der Waals surface area contributed by atoms with Crippen molar-refractivity contribution in [3.05, 3.63) is 71.4 Å². The van der Waals surface area contributed by atoms with E-state index >= 15 is 0 Å². The Morgan fingerprint density at radius 3 is 2.89 bits per heavy atom. The zero-order valence-electron chi connectivity index (χ0n) is 14.1. The van der Waals surface area contributed by atoms with Gasteiger partial charge in [-0.1, -0.05) is 12.1 Å². The van der Waals surface area contributed by atoms with E-state index in [9.17, 15) is 13.6 Å². The number of carbonyl (C=O) groups is 1. The Bertz CT molecular complexity index is 1150. The number of halogens is 2. The summed E-state index contributed by atoms with van der Waals surface area (Å²) in [4.78, 5) is 17.7. The van der Waals surface area contributed by atoms with Crippen molar-refractivity contribution in [1.82, 2.24) is 9.38 Å². The summed E-state index contributed by atoms with van der Waals surface area (Å²) in [6.07, 6.45) is 1.72. The average Bonchev–Trinajstić information content (AvgIpc) is 3.25. The quantitative estimate of drug-likeness (QED) is 0.559. The maximum Gasteiger partial charge on any atom is 0.273 e. The van der Waals surface area contributed by atoms with E-state index in [-0.39, 0.29) is 11.4 Å². The molecule has 27 heavy (non-hydrogen) atoms. The molecule has 136 valence electrons. The molecule has 0 fully saturated rings. The van der Waals surface area contributed by atoms with Gasteiger partial charge in [0.15, 0.2) is 4.96 Å². The fourth-order valence-electron chi connectivity index (χ4n) is 2.65. The maximum absolute atomic E-state index is 13.8. The zero-order valence-corrected chi connectivity index (χ0v) is 14.9. The van der Waals surface area contributed by atoms with Gasteiger partial charge in [-0.05, 0) is 24.3 Å². The van der Waals surface area contributed by atoms with E-state index in [0.29, 0.717) is 16.4 Å². The van der Waals surface area contributed by atoms with Crippen LogP contribution in [0.1, 0.15) is 10.5 Å². The highest BCUT2D eigenvalue weighted by Gasteiger charge is 2.17. The highest BCUT2D eigenvalue weighted by Crippen LogP contribution is 2.27. The van der Waals surface area contributed by atoms with Gasteiger partial charge in [-0.25, -0.2) is 13.8 Å². The second-order valence-electron chi connectivity index (χ2n) is 5.71. The molecular formula is C19H13F2N3O2S. The van der Waals surface area contributed by atoms with E-state index in [1.165, 1.54) is 11.3 Å². The van der Waals surface area contributed by atoms with Crippen molar-refractivity contribution in [3.8, 4) is 17.0 Å². The third kappa shape index (κ3) is 3.26. The Labute approximate surface area is 156 Å². The van der Waals surface area contributed by atoms with Crippen LogP contribution in [0.3, 0.4) is 0 Å². The number of nitrogens with one attached hydrogen (secondary N) is 1. The second kappa shape index (κ2) is 6.81. The summed E-state index contributed by atoms with van der Waals surface area (Å²) in [5, 5.41) is 4.01. The molecule has 0 spiro atoms. The standard InChI is InChI=1S/C19H13F2N3O2S/c1-26-13-4-2-3-11(7-13)16-9-24-17(10-27-19(24)23-16)18(25)22-15-8-12(20)5-6-14(15)21/h2-10H,1H3,(H,22,25). The molecular weight excluding hydrogens is 372 g/mol. The molecule has 2 aromatic carbocycles. The first-order valence-electron chi connectivity index (χ1n) is 7.92. The molecule has 2 heterocycles. The van der Waals surface area contributed by atoms with Crippen LogP contribution in [0.15, 0.2) is 54.0 Å². The molecule has 4 aromatic rings. The van der Waals surface area contributed by atoms with Gasteiger partial charge in [0.05, 0.1) is 18.5 Å². The van der Waals surface area contributed by atoms with Gasteiger partial charge in [-0.15, -0.1) is 11.3 Å². The molecule has 0 unspecified atom stereocenters. The van der Waals surface area contributed by atoms with Crippen LogP contribution in [0, 0.1) is 11.6 Å². The highest BCUT2D eigenvalue weighted by molar-refractivity contribution is 7.15. The molecule has 4 rings (SSSR count). The molecule has 5 nitrogen and oxygen atoms in total. The van der Waals surface area contributed by atoms with Gasteiger partial charge in [0.1, 0.15) is 23.1 Å². The molecule has 2 aromatic heterocycles. The minimum atomic E-state index is -0.709. The van der Waals surface area contributed by atoms with Crippen LogP contribution in [0.4, 0.5) is 14.5 Å². The number of anilines is 1. The van der Waals surface area contributed by atoms with Gasteiger partial charge in [0.2, 0.25) is 0 Å². The van der Waals surface area contributed by atoms with Crippen LogP contribution >= 0.6 is 11.3 Å². The van der Waals surface area contributed by atoms with Crippen molar-refractivity contribution in [1.29, 1.82) is 0 Å². The molecule has 8 heteroatoms. The van der Waals surface area contributed by atoms with Gasteiger partial charge >= 0.3 is 0 Å². The predicted molar refractivity (Wildman–Crippen MR) is 99.4 cm³/mol. The summed E-state index contributed by atoms with van der Waals surface area (Å²) >= 11 is 1.28. The SMILES string of the molecule is COc1cccc(-c2cn3c(C(=O)Nc4cc(F)ccc4F)csc3n2)c1. The third-order valence-corrected chi connectivity index (χ3v) is 4.82. The molecule has 0 radical (unpaired) electrons. The topological polar surface area (TPSA) is 55.6 Å². The van der Waals surface area contributed by atoms with Gasteiger partial charge in [0, 0.05) is 23.2 Å². The number of rotatable bonds is 4. The Hall–Kier alpha value is -3.26. The second-order valence-corrected chi connectivity index (χ2v) is 6.55. The Morgan fingerprint density at radius 1 is 1.22 bits per heavy atom. The van der Waals surface area contributed by atoms with Crippen molar-refractivity contribution in [3.63, 3.8) is 0 Å². The largest absolute Gasteiger partial charge is 0.497 e. The lowest BCUT2D eigenvalue weighted by atomic mass is 10.1. The number of benzene rings is 2. The minimum absolute atomic E-state index is 0.215. The van der Waals surface area contributed by atoms with Crippen LogP contribution < -0.4 is 10.1 Å². The lowest BCUT2D eigenvalue weighted by molar-refractivity contribution is 0.102. The van der Waals surface area contributed by atoms with Crippen LogP contribution in [0.5, 0.6) is 5.75 Å². The number of fused-ring (bicyclic) bond motifs is 1. The van der Waals surface area contributed by atoms with E-state index in [1.54, 1.807) is 23.1 Å². The van der Waals surface area contributed by atoms with E-state index in [1.807, 2.05) is 24.3 Å². The number of carbonyl (C=O) groups excluding carboxylic acids is 1. The monoisotopic (exact) mass is 385 g/mol. The van der Waals surface area contributed by atoms with Crippen LogP contribution in [0.2, 0.25) is 0 Å². The summed E-state index contributed by atoms with van der Waals surface area (Å²) in [5.74, 6) is -1.20. The van der Waals surface area contributed by atoms with Crippen molar-refractivity contribution in [2.24, 2.45) is 0 Å². The fraction of sp³-hybridized carbons (Fsp3) is 0.0526. The summed E-state index contributed by atoms with van der Waals surface area (Å²) in [6.45, 7) is 0. The van der Waals surface area contributed by atoms with Crippen LogP contribution in [0.25, 0.3) is 16.2 Å². The van der Waals surface area contributed by atoms with E-state index in [2.05, 4.69) is 10.3 Å². The fourth-order valence-corrected chi connectivity index (χ4v) is 3.50.